The molecular weight excluding hydrogens is 436 g/mol. The highest BCUT2D eigenvalue weighted by atomic mass is 79.9. The zero-order valence-corrected chi connectivity index (χ0v) is 13.9. The van der Waals surface area contributed by atoms with Crippen LogP contribution in [0.1, 0.15) is 6.92 Å². The molecule has 0 aliphatic carbocycles. The average Bonchev–Trinajstić information content (AvgIpc) is 2.23. The maximum absolute atomic E-state index is 11.6. The largest absolute Gasteiger partial charge is 0.480 e. The standard InChI is InChI=1S/C10H9Br3N2O3/c1-4(9(16)17)14-10(18)15-8-6(12)2-5(11)3-7(8)13/h2-4H,1H3,(H,16,17)(H2,14,15,18)/t4-/m1/s1. The van der Waals surface area contributed by atoms with Crippen LogP contribution in [0.4, 0.5) is 10.5 Å². The fraction of sp³-hybridized carbons (Fsp3) is 0.200. The van der Waals surface area contributed by atoms with Gasteiger partial charge < -0.3 is 15.7 Å². The maximum atomic E-state index is 11.6. The third kappa shape index (κ3) is 4.25. The summed E-state index contributed by atoms with van der Waals surface area (Å²) in [7, 11) is 0. The number of halogens is 3. The van der Waals surface area contributed by atoms with Gasteiger partial charge in [0.1, 0.15) is 6.04 Å². The zero-order chi connectivity index (χ0) is 13.9. The van der Waals surface area contributed by atoms with E-state index in [9.17, 15) is 9.59 Å². The highest BCUT2D eigenvalue weighted by molar-refractivity contribution is 9.11. The van der Waals surface area contributed by atoms with Crippen LogP contribution in [0.15, 0.2) is 25.6 Å². The smallest absolute Gasteiger partial charge is 0.325 e. The van der Waals surface area contributed by atoms with Gasteiger partial charge in [0.2, 0.25) is 0 Å². The molecule has 0 fully saturated rings. The van der Waals surface area contributed by atoms with E-state index >= 15 is 0 Å². The number of aliphatic carboxylic acids is 1. The number of carboxylic acid groups (broad SMARTS) is 1. The van der Waals surface area contributed by atoms with E-state index in [0.717, 1.165) is 4.47 Å². The second-order valence-electron chi connectivity index (χ2n) is 3.40. The summed E-state index contributed by atoms with van der Waals surface area (Å²) in [4.78, 5) is 22.2. The molecule has 1 aromatic carbocycles. The summed E-state index contributed by atoms with van der Waals surface area (Å²) in [6, 6.07) is 1.98. The summed E-state index contributed by atoms with van der Waals surface area (Å²) < 4.78 is 2.18. The highest BCUT2D eigenvalue weighted by Crippen LogP contribution is 2.34. The minimum absolute atomic E-state index is 0.522. The number of carbonyl (C=O) groups is 2. The fourth-order valence-corrected chi connectivity index (χ4v) is 3.53. The van der Waals surface area contributed by atoms with Crippen molar-refractivity contribution in [3.63, 3.8) is 0 Å². The van der Waals surface area contributed by atoms with Gasteiger partial charge in [-0.2, -0.15) is 0 Å². The molecule has 98 valence electrons. The number of urea groups is 1. The van der Waals surface area contributed by atoms with Crippen LogP contribution < -0.4 is 10.6 Å². The number of rotatable bonds is 3. The normalized spacial score (nSPS) is 11.8. The van der Waals surface area contributed by atoms with Gasteiger partial charge in [0.05, 0.1) is 5.69 Å². The lowest BCUT2D eigenvalue weighted by Crippen LogP contribution is -2.40. The summed E-state index contributed by atoms with van der Waals surface area (Å²) in [6.07, 6.45) is 0. The Morgan fingerprint density at radius 1 is 1.22 bits per heavy atom. The Morgan fingerprint density at radius 2 is 1.72 bits per heavy atom. The highest BCUT2D eigenvalue weighted by Gasteiger charge is 2.16. The lowest BCUT2D eigenvalue weighted by Gasteiger charge is -2.13. The van der Waals surface area contributed by atoms with Crippen molar-refractivity contribution >= 4 is 65.5 Å². The van der Waals surface area contributed by atoms with Crippen molar-refractivity contribution in [3.05, 3.63) is 25.6 Å². The second-order valence-corrected chi connectivity index (χ2v) is 6.03. The van der Waals surface area contributed by atoms with Crippen molar-refractivity contribution < 1.29 is 14.7 Å². The van der Waals surface area contributed by atoms with Crippen LogP contribution in [0.5, 0.6) is 0 Å². The van der Waals surface area contributed by atoms with Gasteiger partial charge in [0.25, 0.3) is 0 Å². The van der Waals surface area contributed by atoms with Crippen LogP contribution in [0, 0.1) is 0 Å². The van der Waals surface area contributed by atoms with Crippen molar-refractivity contribution in [1.82, 2.24) is 5.32 Å². The van der Waals surface area contributed by atoms with Gasteiger partial charge in [0, 0.05) is 13.4 Å². The minimum atomic E-state index is -1.10. The van der Waals surface area contributed by atoms with E-state index in [0.29, 0.717) is 14.6 Å². The molecule has 1 atom stereocenters. The van der Waals surface area contributed by atoms with E-state index in [1.165, 1.54) is 6.92 Å². The number of hydrogen-bond acceptors (Lipinski definition) is 2. The van der Waals surface area contributed by atoms with Crippen LogP contribution in [0.2, 0.25) is 0 Å². The maximum Gasteiger partial charge on any atom is 0.325 e. The zero-order valence-electron chi connectivity index (χ0n) is 9.13. The average molecular weight is 445 g/mol. The third-order valence-corrected chi connectivity index (χ3v) is 3.67. The van der Waals surface area contributed by atoms with E-state index < -0.39 is 18.0 Å². The molecule has 3 N–H and O–H groups in total. The molecule has 0 radical (unpaired) electrons. The molecule has 0 unspecified atom stereocenters. The number of nitrogens with one attached hydrogen (secondary N) is 2. The van der Waals surface area contributed by atoms with E-state index in [1.54, 1.807) is 12.1 Å². The van der Waals surface area contributed by atoms with Gasteiger partial charge in [-0.3, -0.25) is 4.79 Å². The quantitative estimate of drug-likeness (QED) is 0.667. The first-order valence-electron chi connectivity index (χ1n) is 4.76. The number of carboxylic acids is 1. The monoisotopic (exact) mass is 442 g/mol. The van der Waals surface area contributed by atoms with Gasteiger partial charge in [-0.1, -0.05) is 15.9 Å². The molecule has 5 nitrogen and oxygen atoms in total. The molecule has 0 heterocycles. The van der Waals surface area contributed by atoms with Crippen LogP contribution in [-0.2, 0) is 4.79 Å². The van der Waals surface area contributed by atoms with Gasteiger partial charge in [0.15, 0.2) is 0 Å². The Morgan fingerprint density at radius 3 is 2.17 bits per heavy atom. The minimum Gasteiger partial charge on any atom is -0.480 e. The Labute approximate surface area is 129 Å². The molecule has 2 amide bonds. The van der Waals surface area contributed by atoms with E-state index in [2.05, 4.69) is 58.4 Å². The molecule has 0 aromatic heterocycles. The summed E-state index contributed by atoms with van der Waals surface area (Å²) in [5, 5.41) is 13.5. The number of amides is 2. The lowest BCUT2D eigenvalue weighted by atomic mass is 10.3. The summed E-state index contributed by atoms with van der Waals surface area (Å²) in [5.41, 5.74) is 0.522. The molecular formula is C10H9Br3N2O3. The molecule has 1 rings (SSSR count). The topological polar surface area (TPSA) is 78.4 Å². The van der Waals surface area contributed by atoms with Crippen molar-refractivity contribution in [2.45, 2.75) is 13.0 Å². The first-order chi connectivity index (χ1) is 8.31. The fourth-order valence-electron chi connectivity index (χ4n) is 1.07. The van der Waals surface area contributed by atoms with Crippen LogP contribution >= 0.6 is 47.8 Å². The lowest BCUT2D eigenvalue weighted by molar-refractivity contribution is -0.138. The van der Waals surface area contributed by atoms with Crippen molar-refractivity contribution in [3.8, 4) is 0 Å². The van der Waals surface area contributed by atoms with Gasteiger partial charge in [-0.05, 0) is 50.9 Å². The number of carbonyl (C=O) groups excluding carboxylic acids is 1. The molecule has 1 aromatic rings. The Bertz CT molecular complexity index is 470. The second kappa shape index (κ2) is 6.53. The van der Waals surface area contributed by atoms with E-state index in [1.807, 2.05) is 0 Å². The number of hydrogen-bond donors (Lipinski definition) is 3. The molecule has 0 aliphatic rings. The van der Waals surface area contributed by atoms with E-state index in [-0.39, 0.29) is 0 Å². The summed E-state index contributed by atoms with van der Waals surface area (Å²) in [5.74, 6) is -1.10. The van der Waals surface area contributed by atoms with Gasteiger partial charge in [-0.15, -0.1) is 0 Å². The SMILES string of the molecule is C[C@@H](NC(=O)Nc1c(Br)cc(Br)cc1Br)C(=O)O. The molecule has 0 bridgehead atoms. The van der Waals surface area contributed by atoms with Crippen molar-refractivity contribution in [2.24, 2.45) is 0 Å². The van der Waals surface area contributed by atoms with Crippen molar-refractivity contribution in [2.75, 3.05) is 5.32 Å². The molecule has 18 heavy (non-hydrogen) atoms. The summed E-state index contributed by atoms with van der Waals surface area (Å²) >= 11 is 9.91. The van der Waals surface area contributed by atoms with Gasteiger partial charge >= 0.3 is 12.0 Å². The van der Waals surface area contributed by atoms with Crippen LogP contribution in [0.25, 0.3) is 0 Å². The molecule has 8 heteroatoms. The Balaban J connectivity index is 2.80. The third-order valence-electron chi connectivity index (χ3n) is 1.96. The predicted molar refractivity (Wildman–Crippen MR) is 78.8 cm³/mol. The molecule has 0 spiro atoms. The molecule has 0 saturated heterocycles. The van der Waals surface area contributed by atoms with E-state index in [4.69, 9.17) is 5.11 Å². The molecule has 0 saturated carbocycles. The molecule has 0 aliphatic heterocycles. The first kappa shape index (κ1) is 15.5. The van der Waals surface area contributed by atoms with Gasteiger partial charge in [-0.25, -0.2) is 4.79 Å². The Hall–Kier alpha value is -0.600. The predicted octanol–water partition coefficient (Wildman–Crippen LogP) is 3.57. The van der Waals surface area contributed by atoms with Crippen LogP contribution in [-0.4, -0.2) is 23.1 Å². The number of benzene rings is 1. The first-order valence-corrected chi connectivity index (χ1v) is 7.14. The number of anilines is 1. The summed E-state index contributed by atoms with van der Waals surface area (Å²) in [6.45, 7) is 1.38. The van der Waals surface area contributed by atoms with Crippen LogP contribution in [0.3, 0.4) is 0 Å². The van der Waals surface area contributed by atoms with Crippen molar-refractivity contribution in [1.29, 1.82) is 0 Å². The Kier molecular flexibility index (Phi) is 5.61.